The Morgan fingerprint density at radius 3 is 1.86 bits per heavy atom. The van der Waals surface area contributed by atoms with Crippen molar-refractivity contribution in [2.45, 2.75) is 72.1 Å². The minimum atomic E-state index is -2.65. The molecule has 3 nitrogen and oxygen atoms in total. The minimum Gasteiger partial charge on any atom is -0.229 e. The zero-order valence-electron chi connectivity index (χ0n) is 14.2. The molecule has 0 amide bonds. The van der Waals surface area contributed by atoms with E-state index in [0.29, 0.717) is 5.75 Å². The number of rotatable bonds is 6. The molecule has 0 aromatic heterocycles. The molecule has 0 aliphatic rings. The number of hydrogen-bond donors (Lipinski definition) is 1. The van der Waals surface area contributed by atoms with Gasteiger partial charge in [-0.3, -0.25) is 0 Å². The molecule has 21 heavy (non-hydrogen) atoms. The van der Waals surface area contributed by atoms with E-state index in [4.69, 9.17) is 4.52 Å². The van der Waals surface area contributed by atoms with Crippen molar-refractivity contribution in [2.75, 3.05) is 0 Å². The van der Waals surface area contributed by atoms with Gasteiger partial charge in [-0.2, -0.15) is 0 Å². The van der Waals surface area contributed by atoms with Crippen LogP contribution in [0.25, 0.3) is 0 Å². The van der Waals surface area contributed by atoms with Gasteiger partial charge in [-0.1, -0.05) is 60.6 Å². The van der Waals surface area contributed by atoms with E-state index in [1.807, 2.05) is 0 Å². The molecule has 1 unspecified atom stereocenters. The van der Waals surface area contributed by atoms with E-state index in [9.17, 15) is 9.46 Å². The predicted octanol–water partition coefficient (Wildman–Crippen LogP) is 5.65. The van der Waals surface area contributed by atoms with Crippen molar-refractivity contribution in [1.82, 2.24) is 0 Å². The summed E-state index contributed by atoms with van der Waals surface area (Å²) >= 11 is 0. The Morgan fingerprint density at radius 2 is 1.57 bits per heavy atom. The zero-order chi connectivity index (χ0) is 16.4. The first-order valence-electron chi connectivity index (χ1n) is 7.62. The summed E-state index contributed by atoms with van der Waals surface area (Å²) in [5.41, 5.74) is 3.36. The smallest absolute Gasteiger partial charge is 0.229 e. The third-order valence-corrected chi connectivity index (χ3v) is 4.56. The summed E-state index contributed by atoms with van der Waals surface area (Å²) in [5.74, 6) is 1.05. The van der Waals surface area contributed by atoms with Gasteiger partial charge in [-0.05, 0) is 29.2 Å². The first-order valence-corrected chi connectivity index (χ1v) is 8.75. The van der Waals surface area contributed by atoms with Crippen molar-refractivity contribution in [2.24, 2.45) is 0 Å². The van der Waals surface area contributed by atoms with Gasteiger partial charge in [-0.25, -0.2) is 4.52 Å². The molecule has 0 bridgehead atoms. The van der Waals surface area contributed by atoms with Crippen LogP contribution in [-0.4, -0.2) is 4.89 Å². The number of benzene rings is 1. The Bertz CT molecular complexity index is 490. The Labute approximate surface area is 129 Å². The highest BCUT2D eigenvalue weighted by Gasteiger charge is 2.28. The van der Waals surface area contributed by atoms with Gasteiger partial charge in [-0.15, -0.1) is 4.89 Å². The molecular formula is C17H28O3P+. The topological polar surface area (TPSA) is 46.5 Å². The zero-order valence-corrected chi connectivity index (χ0v) is 15.1. The maximum Gasteiger partial charge on any atom is 0.747 e. The van der Waals surface area contributed by atoms with E-state index in [0.717, 1.165) is 17.5 Å². The van der Waals surface area contributed by atoms with E-state index in [2.05, 4.69) is 60.6 Å². The lowest BCUT2D eigenvalue weighted by molar-refractivity contribution is 0.404. The highest BCUT2D eigenvalue weighted by atomic mass is 31.1. The van der Waals surface area contributed by atoms with Gasteiger partial charge in [0.05, 0.1) is 0 Å². The molecular weight excluding hydrogens is 283 g/mol. The van der Waals surface area contributed by atoms with Crippen molar-refractivity contribution in [3.63, 3.8) is 0 Å². The molecule has 0 aliphatic heterocycles. The lowest BCUT2D eigenvalue weighted by Gasteiger charge is -2.27. The molecule has 1 atom stereocenters. The Kier molecular flexibility index (Phi) is 5.95. The maximum absolute atomic E-state index is 11.2. The van der Waals surface area contributed by atoms with Crippen molar-refractivity contribution in [3.8, 4) is 5.75 Å². The fourth-order valence-corrected chi connectivity index (χ4v) is 2.68. The summed E-state index contributed by atoms with van der Waals surface area (Å²) in [6.45, 7) is 15.0. The van der Waals surface area contributed by atoms with E-state index in [-0.39, 0.29) is 17.3 Å². The van der Waals surface area contributed by atoms with Crippen LogP contribution in [0.15, 0.2) is 12.1 Å². The van der Waals surface area contributed by atoms with Crippen molar-refractivity contribution >= 4 is 8.25 Å². The molecule has 0 spiro atoms. The molecule has 0 aliphatic carbocycles. The lowest BCUT2D eigenvalue weighted by atomic mass is 9.78. The van der Waals surface area contributed by atoms with Crippen LogP contribution in [0.4, 0.5) is 0 Å². The lowest BCUT2D eigenvalue weighted by Crippen LogP contribution is -2.17. The van der Waals surface area contributed by atoms with E-state index >= 15 is 0 Å². The van der Waals surface area contributed by atoms with Crippen LogP contribution in [0.3, 0.4) is 0 Å². The summed E-state index contributed by atoms with van der Waals surface area (Å²) < 4.78 is 16.4. The van der Waals surface area contributed by atoms with Gasteiger partial charge in [0.25, 0.3) is 0 Å². The van der Waals surface area contributed by atoms with Crippen LogP contribution >= 0.6 is 8.25 Å². The third-order valence-electron chi connectivity index (χ3n) is 4.23. The molecule has 1 aromatic rings. The van der Waals surface area contributed by atoms with Gasteiger partial charge in [0.15, 0.2) is 5.75 Å². The molecule has 0 fully saturated rings. The fourth-order valence-electron chi connectivity index (χ4n) is 2.31. The largest absolute Gasteiger partial charge is 0.747 e. The molecule has 1 aromatic carbocycles. The van der Waals surface area contributed by atoms with Crippen LogP contribution < -0.4 is 4.52 Å². The van der Waals surface area contributed by atoms with Gasteiger partial charge in [0.2, 0.25) is 0 Å². The molecule has 1 rings (SSSR count). The van der Waals surface area contributed by atoms with Crippen LogP contribution in [0, 0.1) is 0 Å². The fraction of sp³-hybridized carbons (Fsp3) is 0.647. The first kappa shape index (κ1) is 18.1. The molecule has 4 heteroatoms. The normalized spacial score (nSPS) is 13.0. The molecule has 0 saturated heterocycles. The van der Waals surface area contributed by atoms with E-state index in [1.165, 1.54) is 5.56 Å². The Hall–Kier alpha value is -0.920. The Balaban J connectivity index is 3.60. The van der Waals surface area contributed by atoms with Gasteiger partial charge < -0.3 is 0 Å². The van der Waals surface area contributed by atoms with Crippen molar-refractivity contribution in [1.29, 1.82) is 0 Å². The monoisotopic (exact) mass is 311 g/mol. The minimum absolute atomic E-state index is 0.0766. The second-order valence-corrected chi connectivity index (χ2v) is 7.52. The van der Waals surface area contributed by atoms with Gasteiger partial charge >= 0.3 is 8.25 Å². The average Bonchev–Trinajstić information content (AvgIpc) is 2.37. The summed E-state index contributed by atoms with van der Waals surface area (Å²) in [4.78, 5) is 9.18. The van der Waals surface area contributed by atoms with Gasteiger partial charge in [0, 0.05) is 15.7 Å². The van der Waals surface area contributed by atoms with Crippen molar-refractivity contribution < 1.29 is 14.0 Å². The third kappa shape index (κ3) is 4.28. The predicted molar refractivity (Wildman–Crippen MR) is 88.4 cm³/mol. The Morgan fingerprint density at radius 1 is 1.14 bits per heavy atom. The van der Waals surface area contributed by atoms with Crippen molar-refractivity contribution in [3.05, 3.63) is 28.8 Å². The number of hydrogen-bond acceptors (Lipinski definition) is 2. The second kappa shape index (κ2) is 6.89. The second-order valence-electron chi connectivity index (χ2n) is 6.86. The highest BCUT2D eigenvalue weighted by Crippen LogP contribution is 2.42. The average molecular weight is 311 g/mol. The summed E-state index contributed by atoms with van der Waals surface area (Å²) in [6.07, 6.45) is 1.04. The molecule has 1 N–H and O–H groups in total. The van der Waals surface area contributed by atoms with Crippen LogP contribution in [0.5, 0.6) is 5.75 Å². The molecule has 0 radical (unpaired) electrons. The SMILES string of the molecule is CCC(C)(C)c1cc(C(C)C)c(O[P+](=O)O)c(C(C)C)c1. The summed E-state index contributed by atoms with van der Waals surface area (Å²) in [7, 11) is -2.65. The van der Waals surface area contributed by atoms with Crippen LogP contribution in [0.2, 0.25) is 0 Å². The maximum atomic E-state index is 11.2. The quantitative estimate of drug-likeness (QED) is 0.690. The van der Waals surface area contributed by atoms with Crippen LogP contribution in [0.1, 0.15) is 83.4 Å². The highest BCUT2D eigenvalue weighted by molar-refractivity contribution is 7.32. The molecule has 118 valence electrons. The van der Waals surface area contributed by atoms with Crippen LogP contribution in [-0.2, 0) is 9.98 Å². The van der Waals surface area contributed by atoms with E-state index in [1.54, 1.807) is 0 Å². The van der Waals surface area contributed by atoms with Gasteiger partial charge in [0.1, 0.15) is 0 Å². The summed E-state index contributed by atoms with van der Waals surface area (Å²) in [6, 6.07) is 4.27. The standard InChI is InChI=1S/C17H27O3P/c1-8-17(6,7)13-9-14(11(2)3)16(20-21(18)19)15(10-13)12(4)5/h9-12H,8H2,1-7H3/p+1. The van der Waals surface area contributed by atoms with E-state index < -0.39 is 8.25 Å². The molecule has 0 heterocycles. The first-order chi connectivity index (χ1) is 9.60. The molecule has 0 saturated carbocycles. The summed E-state index contributed by atoms with van der Waals surface area (Å²) in [5, 5.41) is 0.